The fraction of sp³-hybridized carbons (Fsp3) is 0.565. The van der Waals surface area contributed by atoms with Crippen LogP contribution in [0.4, 0.5) is 0 Å². The number of benzene rings is 1. The van der Waals surface area contributed by atoms with Crippen LogP contribution in [0.2, 0.25) is 13.3 Å². The molecule has 1 N–H and O–H groups in total. The molecule has 0 aromatic heterocycles. The molecule has 2 heteroatoms. The molecular formula is C23H34OSn. The molecule has 0 unspecified atom stereocenters. The Morgan fingerprint density at radius 3 is 1.92 bits per heavy atom. The van der Waals surface area contributed by atoms with Crippen LogP contribution in [0, 0.1) is 21.7 Å². The van der Waals surface area contributed by atoms with Crippen molar-refractivity contribution in [3.8, 4) is 21.7 Å². The predicted octanol–water partition coefficient (Wildman–Crippen LogP) is 5.92. The second kappa shape index (κ2) is 13.3. The first-order valence-corrected chi connectivity index (χ1v) is 17.4. The molecule has 1 aromatic rings. The average molecular weight is 445 g/mol. The predicted molar refractivity (Wildman–Crippen MR) is 112 cm³/mol. The Labute approximate surface area is 159 Å². The second-order valence-corrected chi connectivity index (χ2v) is 19.2. The summed E-state index contributed by atoms with van der Waals surface area (Å²) in [7, 11) is 0. The normalized spacial score (nSPS) is 10.6. The molecule has 0 aliphatic rings. The van der Waals surface area contributed by atoms with Gasteiger partial charge in [0.25, 0.3) is 0 Å². The summed E-state index contributed by atoms with van der Waals surface area (Å²) in [4.78, 5) is 0. The zero-order valence-electron chi connectivity index (χ0n) is 16.3. The SMILES string of the molecule is CCC[CH2][Sn]([C]#CC#Cc1ccccc1CO)([CH2]CCC)[CH2]CCC. The minimum atomic E-state index is -2.38. The zero-order chi connectivity index (χ0) is 18.4. The number of hydrogen-bond donors (Lipinski definition) is 1. The first kappa shape index (κ1) is 22.1. The molecule has 0 fully saturated rings. The van der Waals surface area contributed by atoms with Crippen LogP contribution in [-0.4, -0.2) is 23.5 Å². The quantitative estimate of drug-likeness (QED) is 0.350. The van der Waals surface area contributed by atoms with Crippen LogP contribution in [-0.2, 0) is 6.61 Å². The van der Waals surface area contributed by atoms with E-state index in [1.165, 1.54) is 51.8 Å². The summed E-state index contributed by atoms with van der Waals surface area (Å²) >= 11 is -2.38. The van der Waals surface area contributed by atoms with E-state index >= 15 is 0 Å². The molecule has 0 saturated carbocycles. The van der Waals surface area contributed by atoms with E-state index in [4.69, 9.17) is 0 Å². The number of hydrogen-bond acceptors (Lipinski definition) is 1. The molecule has 1 aromatic carbocycles. The Bertz CT molecular complexity index is 590. The summed E-state index contributed by atoms with van der Waals surface area (Å²) in [6.07, 6.45) is 7.81. The van der Waals surface area contributed by atoms with Crippen molar-refractivity contribution in [1.82, 2.24) is 0 Å². The van der Waals surface area contributed by atoms with Crippen LogP contribution in [0.15, 0.2) is 24.3 Å². The third kappa shape index (κ3) is 8.35. The van der Waals surface area contributed by atoms with Crippen molar-refractivity contribution in [3.05, 3.63) is 35.4 Å². The number of rotatable bonds is 10. The van der Waals surface area contributed by atoms with E-state index in [0.29, 0.717) is 0 Å². The van der Waals surface area contributed by atoms with E-state index in [-0.39, 0.29) is 6.61 Å². The van der Waals surface area contributed by atoms with Crippen molar-refractivity contribution in [2.24, 2.45) is 0 Å². The Kier molecular flexibility index (Phi) is 11.8. The summed E-state index contributed by atoms with van der Waals surface area (Å²) in [5.41, 5.74) is 1.78. The maximum absolute atomic E-state index is 9.40. The summed E-state index contributed by atoms with van der Waals surface area (Å²) in [6, 6.07) is 7.78. The summed E-state index contributed by atoms with van der Waals surface area (Å²) < 4.78 is 7.96. The van der Waals surface area contributed by atoms with Gasteiger partial charge in [0.1, 0.15) is 0 Å². The van der Waals surface area contributed by atoms with E-state index < -0.39 is 18.4 Å². The van der Waals surface area contributed by atoms with Crippen molar-refractivity contribution < 1.29 is 5.11 Å². The monoisotopic (exact) mass is 446 g/mol. The molecule has 1 nitrogen and oxygen atoms in total. The van der Waals surface area contributed by atoms with Crippen LogP contribution in [0.1, 0.15) is 70.4 Å². The Morgan fingerprint density at radius 1 is 0.840 bits per heavy atom. The molecule has 136 valence electrons. The van der Waals surface area contributed by atoms with Crippen molar-refractivity contribution in [2.45, 2.75) is 79.2 Å². The maximum atomic E-state index is 9.40. The van der Waals surface area contributed by atoms with Gasteiger partial charge in [-0.15, -0.1) is 0 Å². The molecule has 0 aliphatic heterocycles. The standard InChI is InChI=1S/C11H7O.3C4H9.Sn/c1-2-3-6-10-7-4-5-8-11(10)9-12;3*1-3-4-2;/h4-5,7-8,12H,9H2;3*1,3-4H2,2H3;. The van der Waals surface area contributed by atoms with E-state index in [2.05, 4.69) is 42.5 Å². The van der Waals surface area contributed by atoms with Gasteiger partial charge in [-0.05, 0) is 0 Å². The number of aliphatic hydroxyl groups excluding tert-OH is 1. The van der Waals surface area contributed by atoms with E-state index in [1.807, 2.05) is 24.3 Å². The molecule has 0 heterocycles. The van der Waals surface area contributed by atoms with Crippen molar-refractivity contribution in [1.29, 1.82) is 0 Å². The third-order valence-electron chi connectivity index (χ3n) is 4.80. The third-order valence-corrected chi connectivity index (χ3v) is 17.9. The van der Waals surface area contributed by atoms with Gasteiger partial charge in [-0.2, -0.15) is 0 Å². The molecule has 25 heavy (non-hydrogen) atoms. The van der Waals surface area contributed by atoms with Crippen LogP contribution in [0.5, 0.6) is 0 Å². The van der Waals surface area contributed by atoms with Gasteiger partial charge in [0.05, 0.1) is 0 Å². The number of unbranched alkanes of at least 4 members (excludes halogenated alkanes) is 3. The van der Waals surface area contributed by atoms with Gasteiger partial charge in [0, 0.05) is 0 Å². The topological polar surface area (TPSA) is 20.2 Å². The molecule has 0 bridgehead atoms. The molecule has 0 aliphatic carbocycles. The fourth-order valence-electron chi connectivity index (χ4n) is 3.15. The first-order chi connectivity index (χ1) is 12.2. The molecule has 0 spiro atoms. The van der Waals surface area contributed by atoms with E-state index in [1.54, 1.807) is 0 Å². The number of aliphatic hydroxyl groups is 1. The Balaban J connectivity index is 3.00. The summed E-state index contributed by atoms with van der Waals surface area (Å²) in [5.74, 6) is 9.50. The Hall–Kier alpha value is -0.901. The first-order valence-electron chi connectivity index (χ1n) is 9.93. The van der Waals surface area contributed by atoms with Gasteiger partial charge in [-0.3, -0.25) is 0 Å². The van der Waals surface area contributed by atoms with Crippen LogP contribution in [0.3, 0.4) is 0 Å². The van der Waals surface area contributed by atoms with Crippen molar-refractivity contribution >= 4 is 18.4 Å². The van der Waals surface area contributed by atoms with Crippen molar-refractivity contribution in [2.75, 3.05) is 0 Å². The van der Waals surface area contributed by atoms with Crippen LogP contribution >= 0.6 is 0 Å². The summed E-state index contributed by atoms with van der Waals surface area (Å²) in [5, 5.41) is 9.40. The van der Waals surface area contributed by atoms with Gasteiger partial charge in [0.15, 0.2) is 0 Å². The second-order valence-electron chi connectivity index (χ2n) is 6.91. The molecular weight excluding hydrogens is 411 g/mol. The van der Waals surface area contributed by atoms with E-state index in [9.17, 15) is 5.11 Å². The van der Waals surface area contributed by atoms with Gasteiger partial charge >= 0.3 is 160 Å². The fourth-order valence-corrected chi connectivity index (χ4v) is 16.1. The molecule has 1 rings (SSSR count). The van der Waals surface area contributed by atoms with E-state index in [0.717, 1.165) is 11.1 Å². The van der Waals surface area contributed by atoms with Gasteiger partial charge < -0.3 is 0 Å². The van der Waals surface area contributed by atoms with Gasteiger partial charge in [0.2, 0.25) is 0 Å². The molecule has 0 saturated heterocycles. The summed E-state index contributed by atoms with van der Waals surface area (Å²) in [6.45, 7) is 6.89. The Morgan fingerprint density at radius 2 is 1.40 bits per heavy atom. The molecule has 0 amide bonds. The molecule has 0 atom stereocenters. The molecule has 0 radical (unpaired) electrons. The van der Waals surface area contributed by atoms with Gasteiger partial charge in [-0.25, -0.2) is 0 Å². The van der Waals surface area contributed by atoms with Crippen molar-refractivity contribution in [3.63, 3.8) is 0 Å². The van der Waals surface area contributed by atoms with Crippen LogP contribution in [0.25, 0.3) is 0 Å². The minimum absolute atomic E-state index is 0.0327. The van der Waals surface area contributed by atoms with Gasteiger partial charge in [-0.1, -0.05) is 0 Å². The van der Waals surface area contributed by atoms with Crippen LogP contribution < -0.4 is 0 Å². The average Bonchev–Trinajstić information content (AvgIpc) is 2.66. The zero-order valence-corrected chi connectivity index (χ0v) is 19.2.